The first-order chi connectivity index (χ1) is 15.6. The standard InChI is InChI=1S/C24H27N5O3/c1-28(20-4-3-5-21(12-20)31-2)9-8-24(30)29-10-11-32-23(16-29)22-7-6-18(15-27-22)19-13-25-17-26-14-19/h3-7,12-15,17,23H,8-11,16H2,1-2H3/t23-/m1/s1. The van der Waals surface area contributed by atoms with Crippen LogP contribution in [0.5, 0.6) is 5.75 Å². The molecule has 1 fully saturated rings. The first-order valence-electron chi connectivity index (χ1n) is 10.6. The Balaban J connectivity index is 1.33. The van der Waals surface area contributed by atoms with Crippen molar-refractivity contribution in [3.05, 3.63) is 67.0 Å². The van der Waals surface area contributed by atoms with Gasteiger partial charge in [-0.1, -0.05) is 12.1 Å². The zero-order chi connectivity index (χ0) is 22.3. The second-order valence-electron chi connectivity index (χ2n) is 7.67. The second-order valence-corrected chi connectivity index (χ2v) is 7.67. The normalized spacial score (nSPS) is 15.9. The Kier molecular flexibility index (Phi) is 6.91. The van der Waals surface area contributed by atoms with Gasteiger partial charge in [-0.15, -0.1) is 0 Å². The number of hydrogen-bond acceptors (Lipinski definition) is 7. The van der Waals surface area contributed by atoms with E-state index in [1.807, 2.05) is 48.3 Å². The molecule has 2 aromatic heterocycles. The number of hydrogen-bond donors (Lipinski definition) is 0. The fraction of sp³-hybridized carbons (Fsp3) is 0.333. The Hall–Kier alpha value is -3.52. The molecule has 0 saturated carbocycles. The lowest BCUT2D eigenvalue weighted by Crippen LogP contribution is -2.43. The summed E-state index contributed by atoms with van der Waals surface area (Å²) in [5.41, 5.74) is 3.69. The molecule has 1 aromatic carbocycles. The highest BCUT2D eigenvalue weighted by Crippen LogP contribution is 2.24. The molecule has 3 aromatic rings. The molecule has 8 nitrogen and oxygen atoms in total. The Bertz CT molecular complexity index is 1030. The maximum Gasteiger partial charge on any atom is 0.224 e. The van der Waals surface area contributed by atoms with E-state index in [-0.39, 0.29) is 12.0 Å². The van der Waals surface area contributed by atoms with Crippen molar-refractivity contribution in [2.75, 3.05) is 45.3 Å². The van der Waals surface area contributed by atoms with E-state index in [1.165, 1.54) is 6.33 Å². The van der Waals surface area contributed by atoms with Crippen LogP contribution in [0.2, 0.25) is 0 Å². The van der Waals surface area contributed by atoms with Crippen molar-refractivity contribution in [1.82, 2.24) is 19.9 Å². The summed E-state index contributed by atoms with van der Waals surface area (Å²) in [6.45, 7) is 2.22. The predicted molar refractivity (Wildman–Crippen MR) is 121 cm³/mol. The molecule has 1 aliphatic heterocycles. The average Bonchev–Trinajstić information content (AvgIpc) is 2.87. The van der Waals surface area contributed by atoms with Crippen molar-refractivity contribution in [2.45, 2.75) is 12.5 Å². The number of rotatable bonds is 7. The molecule has 0 N–H and O–H groups in total. The van der Waals surface area contributed by atoms with E-state index in [9.17, 15) is 4.79 Å². The summed E-state index contributed by atoms with van der Waals surface area (Å²) in [6, 6.07) is 11.7. The van der Waals surface area contributed by atoms with E-state index in [2.05, 4.69) is 19.9 Å². The molecule has 32 heavy (non-hydrogen) atoms. The fourth-order valence-electron chi connectivity index (χ4n) is 3.67. The van der Waals surface area contributed by atoms with E-state index in [0.717, 1.165) is 28.3 Å². The maximum absolute atomic E-state index is 12.9. The maximum atomic E-state index is 12.9. The Labute approximate surface area is 187 Å². The summed E-state index contributed by atoms with van der Waals surface area (Å²) in [7, 11) is 3.63. The van der Waals surface area contributed by atoms with Crippen LogP contribution >= 0.6 is 0 Å². The van der Waals surface area contributed by atoms with Gasteiger partial charge in [0.1, 0.15) is 18.2 Å². The number of morpholine rings is 1. The number of benzene rings is 1. The largest absolute Gasteiger partial charge is 0.497 e. The minimum Gasteiger partial charge on any atom is -0.497 e. The van der Waals surface area contributed by atoms with E-state index in [1.54, 1.807) is 25.7 Å². The third-order valence-corrected chi connectivity index (χ3v) is 5.58. The van der Waals surface area contributed by atoms with Crippen LogP contribution in [0.15, 0.2) is 61.3 Å². The molecule has 1 aliphatic rings. The lowest BCUT2D eigenvalue weighted by molar-refractivity contribution is -0.138. The third kappa shape index (κ3) is 5.20. The van der Waals surface area contributed by atoms with Crippen molar-refractivity contribution < 1.29 is 14.3 Å². The smallest absolute Gasteiger partial charge is 0.224 e. The number of aromatic nitrogens is 3. The van der Waals surface area contributed by atoms with Crippen molar-refractivity contribution in [1.29, 1.82) is 0 Å². The van der Waals surface area contributed by atoms with Crippen LogP contribution in [0.4, 0.5) is 5.69 Å². The lowest BCUT2D eigenvalue weighted by Gasteiger charge is -2.33. The Morgan fingerprint density at radius 3 is 2.78 bits per heavy atom. The van der Waals surface area contributed by atoms with Crippen LogP contribution in [0, 0.1) is 0 Å². The molecule has 0 radical (unpaired) electrons. The van der Waals surface area contributed by atoms with Crippen LogP contribution in [-0.4, -0.2) is 66.2 Å². The third-order valence-electron chi connectivity index (χ3n) is 5.58. The van der Waals surface area contributed by atoms with Gasteiger partial charge < -0.3 is 19.3 Å². The quantitative estimate of drug-likeness (QED) is 0.567. The van der Waals surface area contributed by atoms with Gasteiger partial charge in [0, 0.05) is 68.0 Å². The van der Waals surface area contributed by atoms with Gasteiger partial charge in [0.2, 0.25) is 5.91 Å². The minimum atomic E-state index is -0.232. The first kappa shape index (κ1) is 21.7. The van der Waals surface area contributed by atoms with Crippen LogP contribution in [0.25, 0.3) is 11.1 Å². The van der Waals surface area contributed by atoms with Crippen molar-refractivity contribution >= 4 is 11.6 Å². The first-order valence-corrected chi connectivity index (χ1v) is 10.6. The fourth-order valence-corrected chi connectivity index (χ4v) is 3.67. The SMILES string of the molecule is COc1cccc(N(C)CCC(=O)N2CCO[C@@H](c3ccc(-c4cncnc4)cn3)C2)c1. The molecule has 1 amide bonds. The molecule has 8 heteroatoms. The van der Waals surface area contributed by atoms with Gasteiger partial charge in [-0.3, -0.25) is 9.78 Å². The number of amides is 1. The molecule has 0 spiro atoms. The van der Waals surface area contributed by atoms with Gasteiger partial charge in [-0.25, -0.2) is 9.97 Å². The van der Waals surface area contributed by atoms with Crippen molar-refractivity contribution in [3.8, 4) is 16.9 Å². The van der Waals surface area contributed by atoms with Gasteiger partial charge in [-0.05, 0) is 18.2 Å². The lowest BCUT2D eigenvalue weighted by atomic mass is 10.1. The Morgan fingerprint density at radius 1 is 1.19 bits per heavy atom. The number of nitrogens with zero attached hydrogens (tertiary/aromatic N) is 5. The van der Waals surface area contributed by atoms with E-state index < -0.39 is 0 Å². The van der Waals surface area contributed by atoms with Gasteiger partial charge in [0.15, 0.2) is 0 Å². The molecular weight excluding hydrogens is 406 g/mol. The zero-order valence-electron chi connectivity index (χ0n) is 18.3. The van der Waals surface area contributed by atoms with Crippen LogP contribution < -0.4 is 9.64 Å². The molecule has 3 heterocycles. The zero-order valence-corrected chi connectivity index (χ0v) is 18.3. The summed E-state index contributed by atoms with van der Waals surface area (Å²) in [6.07, 6.45) is 7.00. The summed E-state index contributed by atoms with van der Waals surface area (Å²) in [5.74, 6) is 0.918. The van der Waals surface area contributed by atoms with Crippen molar-refractivity contribution in [3.63, 3.8) is 0 Å². The summed E-state index contributed by atoms with van der Waals surface area (Å²) < 4.78 is 11.2. The number of carbonyl (C=O) groups is 1. The summed E-state index contributed by atoms with van der Waals surface area (Å²) >= 11 is 0. The highest BCUT2D eigenvalue weighted by atomic mass is 16.5. The molecule has 0 unspecified atom stereocenters. The second kappa shape index (κ2) is 10.2. The highest BCUT2D eigenvalue weighted by Gasteiger charge is 2.26. The number of carbonyl (C=O) groups excluding carboxylic acids is 1. The number of pyridine rings is 1. The highest BCUT2D eigenvalue weighted by molar-refractivity contribution is 5.77. The van der Waals surface area contributed by atoms with Gasteiger partial charge >= 0.3 is 0 Å². The predicted octanol–water partition coefficient (Wildman–Crippen LogP) is 2.97. The molecule has 1 saturated heterocycles. The van der Waals surface area contributed by atoms with E-state index >= 15 is 0 Å². The van der Waals surface area contributed by atoms with E-state index in [0.29, 0.717) is 32.7 Å². The van der Waals surface area contributed by atoms with Crippen LogP contribution in [-0.2, 0) is 9.53 Å². The van der Waals surface area contributed by atoms with Crippen molar-refractivity contribution in [2.24, 2.45) is 0 Å². The number of ether oxygens (including phenoxy) is 2. The monoisotopic (exact) mass is 433 g/mol. The van der Waals surface area contributed by atoms with Gasteiger partial charge in [0.25, 0.3) is 0 Å². The minimum absolute atomic E-state index is 0.117. The molecule has 1 atom stereocenters. The van der Waals surface area contributed by atoms with Gasteiger partial charge in [0.05, 0.1) is 26.0 Å². The molecule has 0 bridgehead atoms. The average molecular weight is 434 g/mol. The van der Waals surface area contributed by atoms with Crippen LogP contribution in [0.3, 0.4) is 0 Å². The van der Waals surface area contributed by atoms with Crippen LogP contribution in [0.1, 0.15) is 18.2 Å². The molecule has 4 rings (SSSR count). The molecule has 0 aliphatic carbocycles. The number of anilines is 1. The molecule has 166 valence electrons. The summed E-state index contributed by atoms with van der Waals surface area (Å²) in [5, 5.41) is 0. The topological polar surface area (TPSA) is 80.7 Å². The Morgan fingerprint density at radius 2 is 2.03 bits per heavy atom. The number of methoxy groups -OCH3 is 1. The molecular formula is C24H27N5O3. The van der Waals surface area contributed by atoms with E-state index in [4.69, 9.17) is 9.47 Å². The van der Waals surface area contributed by atoms with Gasteiger partial charge in [-0.2, -0.15) is 0 Å². The summed E-state index contributed by atoms with van der Waals surface area (Å²) in [4.78, 5) is 29.4.